The summed E-state index contributed by atoms with van der Waals surface area (Å²) in [5, 5.41) is 1.29. The van der Waals surface area contributed by atoms with Crippen molar-refractivity contribution in [3.8, 4) is 0 Å². The molecule has 0 spiro atoms. The van der Waals surface area contributed by atoms with Crippen molar-refractivity contribution in [3.63, 3.8) is 0 Å². The molecule has 0 aliphatic carbocycles. The van der Waals surface area contributed by atoms with Crippen LogP contribution in [0.2, 0.25) is 5.32 Å². The minimum atomic E-state index is 0.615. The quantitative estimate of drug-likeness (QED) is 0.753. The van der Waals surface area contributed by atoms with E-state index in [1.54, 1.807) is 0 Å². The summed E-state index contributed by atoms with van der Waals surface area (Å²) in [4.78, 5) is 0. The molecule has 0 unspecified atom stereocenters. The molecule has 0 saturated heterocycles. The molecule has 0 aliphatic heterocycles. The Balaban J connectivity index is 1.82. The Morgan fingerprint density at radius 1 is 0.875 bits per heavy atom. The molecule has 0 N–H and O–H groups in total. The van der Waals surface area contributed by atoms with Crippen LogP contribution in [0.25, 0.3) is 0 Å². The van der Waals surface area contributed by atoms with Gasteiger partial charge in [0, 0.05) is 0 Å². The molecule has 1 heteroatoms. The van der Waals surface area contributed by atoms with E-state index in [9.17, 15) is 0 Å². The summed E-state index contributed by atoms with van der Waals surface area (Å²) in [7, 11) is 0. The molecule has 2 aromatic rings. The van der Waals surface area contributed by atoms with Gasteiger partial charge in [0.15, 0.2) is 0 Å². The van der Waals surface area contributed by atoms with Crippen LogP contribution in [0.5, 0.6) is 0 Å². The zero-order chi connectivity index (χ0) is 11.2. The maximum absolute atomic E-state index is 2.26. The van der Waals surface area contributed by atoms with E-state index in [-0.39, 0.29) is 0 Å². The van der Waals surface area contributed by atoms with E-state index >= 15 is 0 Å². The third-order valence-electron chi connectivity index (χ3n) is 2.52. The van der Waals surface area contributed by atoms with Crippen LogP contribution >= 0.6 is 0 Å². The fourth-order valence-corrected chi connectivity index (χ4v) is 3.46. The molecular weight excluding hydrogens is 259 g/mol. The molecule has 82 valence electrons. The molecule has 0 atom stereocenters. The van der Waals surface area contributed by atoms with Crippen LogP contribution in [0.4, 0.5) is 0 Å². The second kappa shape index (κ2) is 5.88. The molecule has 0 fully saturated rings. The molecule has 0 bridgehead atoms. The Labute approximate surface area is 104 Å². The van der Waals surface area contributed by atoms with Gasteiger partial charge in [-0.3, -0.25) is 0 Å². The first-order chi connectivity index (χ1) is 7.84. The van der Waals surface area contributed by atoms with Gasteiger partial charge < -0.3 is 0 Å². The first-order valence-electron chi connectivity index (χ1n) is 5.58. The summed E-state index contributed by atoms with van der Waals surface area (Å²) in [5.74, 6) is 0. The Hall–Kier alpha value is -1.04. The van der Waals surface area contributed by atoms with Gasteiger partial charge >= 0.3 is 104 Å². The average molecular weight is 275 g/mol. The Morgan fingerprint density at radius 2 is 1.56 bits per heavy atom. The predicted octanol–water partition coefficient (Wildman–Crippen LogP) is 2.99. The van der Waals surface area contributed by atoms with Crippen molar-refractivity contribution in [2.45, 2.75) is 18.7 Å². The summed E-state index contributed by atoms with van der Waals surface area (Å²) in [5.41, 5.74) is 2.80. The van der Waals surface area contributed by atoms with Gasteiger partial charge in [-0.25, -0.2) is 0 Å². The summed E-state index contributed by atoms with van der Waals surface area (Å²) in [6.07, 6.45) is 1.20. The van der Waals surface area contributed by atoms with Crippen molar-refractivity contribution >= 4 is 19.4 Å². The van der Waals surface area contributed by atoms with Crippen molar-refractivity contribution in [2.24, 2.45) is 0 Å². The molecule has 0 amide bonds. The van der Waals surface area contributed by atoms with Crippen LogP contribution in [0.1, 0.15) is 11.1 Å². The normalized spacial score (nSPS) is 10.3. The van der Waals surface area contributed by atoms with E-state index in [1.807, 2.05) is 0 Å². The number of hydrogen-bond donors (Lipinski definition) is 0. The standard InChI is InChI=1S/C15H16Se/c1-13-7-9-15(10-8-13)16-12-11-14-5-3-2-4-6-14/h2-10H,11-12H2,1H3. The molecule has 0 nitrogen and oxygen atoms in total. The summed E-state index contributed by atoms with van der Waals surface area (Å²) in [6.45, 7) is 2.14. The third kappa shape index (κ3) is 3.52. The zero-order valence-corrected chi connectivity index (χ0v) is 11.2. The van der Waals surface area contributed by atoms with Gasteiger partial charge in [0.25, 0.3) is 0 Å². The fraction of sp³-hybridized carbons (Fsp3) is 0.200. The van der Waals surface area contributed by atoms with Crippen LogP contribution in [0, 0.1) is 6.92 Å². The molecule has 0 heterocycles. The van der Waals surface area contributed by atoms with Crippen LogP contribution in [0.3, 0.4) is 0 Å². The Bertz CT molecular complexity index is 417. The van der Waals surface area contributed by atoms with Crippen molar-refractivity contribution in [1.82, 2.24) is 0 Å². The molecule has 2 rings (SSSR count). The zero-order valence-electron chi connectivity index (χ0n) is 9.52. The van der Waals surface area contributed by atoms with E-state index in [0.717, 1.165) is 0 Å². The molecule has 0 aliphatic rings. The summed E-state index contributed by atoms with van der Waals surface area (Å²) in [6, 6.07) is 19.7. The summed E-state index contributed by atoms with van der Waals surface area (Å²) >= 11 is 0.615. The third-order valence-corrected chi connectivity index (χ3v) is 4.65. The second-order valence-electron chi connectivity index (χ2n) is 3.90. The predicted molar refractivity (Wildman–Crippen MR) is 71.5 cm³/mol. The maximum atomic E-state index is 2.26. The monoisotopic (exact) mass is 276 g/mol. The van der Waals surface area contributed by atoms with Gasteiger partial charge in [-0.1, -0.05) is 0 Å². The van der Waals surface area contributed by atoms with E-state index in [4.69, 9.17) is 0 Å². The van der Waals surface area contributed by atoms with Crippen molar-refractivity contribution < 1.29 is 0 Å². The fourth-order valence-electron chi connectivity index (χ4n) is 1.57. The van der Waals surface area contributed by atoms with E-state index < -0.39 is 0 Å². The van der Waals surface area contributed by atoms with Gasteiger partial charge in [0.2, 0.25) is 0 Å². The molecule has 0 radical (unpaired) electrons. The minimum absolute atomic E-state index is 0.615. The molecule has 0 saturated carbocycles. The van der Waals surface area contributed by atoms with E-state index in [0.29, 0.717) is 15.0 Å². The van der Waals surface area contributed by atoms with E-state index in [2.05, 4.69) is 61.5 Å². The Kier molecular flexibility index (Phi) is 4.21. The van der Waals surface area contributed by atoms with Gasteiger partial charge in [-0.15, -0.1) is 0 Å². The number of hydrogen-bond acceptors (Lipinski definition) is 0. The van der Waals surface area contributed by atoms with Crippen LogP contribution < -0.4 is 4.46 Å². The first kappa shape index (κ1) is 11.4. The van der Waals surface area contributed by atoms with Crippen LogP contribution in [-0.2, 0) is 6.42 Å². The number of benzene rings is 2. The molecule has 16 heavy (non-hydrogen) atoms. The second-order valence-corrected chi connectivity index (χ2v) is 6.35. The van der Waals surface area contributed by atoms with Gasteiger partial charge in [0.1, 0.15) is 0 Å². The topological polar surface area (TPSA) is 0 Å². The van der Waals surface area contributed by atoms with Gasteiger partial charge in [0.05, 0.1) is 0 Å². The van der Waals surface area contributed by atoms with Gasteiger partial charge in [-0.2, -0.15) is 0 Å². The number of rotatable bonds is 4. The average Bonchev–Trinajstić information content (AvgIpc) is 2.33. The van der Waals surface area contributed by atoms with E-state index in [1.165, 1.54) is 27.3 Å². The number of aryl methyl sites for hydroxylation is 2. The SMILES string of the molecule is Cc1ccc([Se]CCc2ccccc2)cc1. The van der Waals surface area contributed by atoms with Crippen molar-refractivity contribution in [3.05, 3.63) is 65.7 Å². The van der Waals surface area contributed by atoms with Crippen molar-refractivity contribution in [2.75, 3.05) is 0 Å². The first-order valence-corrected chi connectivity index (χ1v) is 7.65. The van der Waals surface area contributed by atoms with Crippen LogP contribution in [0.15, 0.2) is 54.6 Å². The van der Waals surface area contributed by atoms with Crippen LogP contribution in [-0.4, -0.2) is 15.0 Å². The molecular formula is C15H16Se. The molecule has 2 aromatic carbocycles. The summed E-state index contributed by atoms with van der Waals surface area (Å²) < 4.78 is 1.51. The van der Waals surface area contributed by atoms with Crippen molar-refractivity contribution in [1.29, 1.82) is 0 Å². The Morgan fingerprint density at radius 3 is 2.25 bits per heavy atom. The molecule has 0 aromatic heterocycles. The van der Waals surface area contributed by atoms with Gasteiger partial charge in [-0.05, 0) is 0 Å².